The fourth-order valence-electron chi connectivity index (χ4n) is 6.24. The van der Waals surface area contributed by atoms with E-state index in [-0.39, 0.29) is 0 Å². The monoisotopic (exact) mass is 711 g/mol. The standard InChI is InChI=1S/C46H33NO7/c1-2-43(48)52-24-8-7-23-51-37-21-19-33-25-36(18-17-34(33)26-37)46(50)53-38-27-35-10-4-5-11-39(35)41(28-38)44-40-12-6-3-9-31(40)20-22-42(44)54-45(49)32-15-13-30(29-47)14-16-32/h2-6,9-22,25-28H,1,7-8,23-24H2. The third kappa shape index (κ3) is 7.81. The predicted molar refractivity (Wildman–Crippen MR) is 208 cm³/mol. The Morgan fingerprint density at radius 2 is 1.26 bits per heavy atom. The molecule has 54 heavy (non-hydrogen) atoms. The second kappa shape index (κ2) is 16.0. The van der Waals surface area contributed by atoms with Crippen LogP contribution in [-0.2, 0) is 9.53 Å². The van der Waals surface area contributed by atoms with Gasteiger partial charge in [0.05, 0.1) is 36.0 Å². The maximum absolute atomic E-state index is 13.7. The molecule has 0 spiro atoms. The Bertz CT molecular complexity index is 2600. The highest BCUT2D eigenvalue weighted by Gasteiger charge is 2.20. The molecule has 0 aliphatic rings. The lowest BCUT2D eigenvalue weighted by Gasteiger charge is -2.17. The van der Waals surface area contributed by atoms with Gasteiger partial charge in [0.2, 0.25) is 0 Å². The number of rotatable bonds is 12. The maximum atomic E-state index is 13.7. The highest BCUT2D eigenvalue weighted by molar-refractivity contribution is 6.09. The Morgan fingerprint density at radius 1 is 0.611 bits per heavy atom. The van der Waals surface area contributed by atoms with E-state index in [1.165, 1.54) is 0 Å². The molecule has 0 bridgehead atoms. The van der Waals surface area contributed by atoms with Crippen molar-refractivity contribution in [2.45, 2.75) is 12.8 Å². The van der Waals surface area contributed by atoms with Crippen LogP contribution in [0.25, 0.3) is 43.4 Å². The van der Waals surface area contributed by atoms with E-state index in [9.17, 15) is 19.6 Å². The minimum atomic E-state index is -0.568. The van der Waals surface area contributed by atoms with Crippen LogP contribution in [0.3, 0.4) is 0 Å². The van der Waals surface area contributed by atoms with Gasteiger partial charge in [-0.1, -0.05) is 73.3 Å². The van der Waals surface area contributed by atoms with Crippen molar-refractivity contribution in [3.8, 4) is 34.4 Å². The number of nitriles is 1. The Morgan fingerprint density at radius 3 is 2.06 bits per heavy atom. The first kappa shape index (κ1) is 35.2. The lowest BCUT2D eigenvalue weighted by Crippen LogP contribution is -2.10. The Labute approximate surface area is 311 Å². The lowest BCUT2D eigenvalue weighted by atomic mass is 9.92. The Hall–Kier alpha value is -7.24. The molecule has 0 radical (unpaired) electrons. The van der Waals surface area contributed by atoms with E-state index in [1.54, 1.807) is 48.5 Å². The first-order chi connectivity index (χ1) is 26.4. The minimum Gasteiger partial charge on any atom is -0.494 e. The van der Waals surface area contributed by atoms with Gasteiger partial charge in [0, 0.05) is 11.6 Å². The zero-order valence-corrected chi connectivity index (χ0v) is 29.1. The van der Waals surface area contributed by atoms with Gasteiger partial charge in [0.1, 0.15) is 17.2 Å². The second-order valence-corrected chi connectivity index (χ2v) is 12.5. The molecule has 0 saturated carbocycles. The summed E-state index contributed by atoms with van der Waals surface area (Å²) in [5, 5.41) is 14.4. The minimum absolute atomic E-state index is 0.306. The molecule has 0 fully saturated rings. The first-order valence-electron chi connectivity index (χ1n) is 17.4. The Balaban J connectivity index is 1.16. The van der Waals surface area contributed by atoms with Crippen molar-refractivity contribution in [1.29, 1.82) is 5.26 Å². The molecule has 0 N–H and O–H groups in total. The zero-order valence-electron chi connectivity index (χ0n) is 29.1. The molecule has 8 heteroatoms. The molecular weight excluding hydrogens is 679 g/mol. The highest BCUT2D eigenvalue weighted by Crippen LogP contribution is 2.43. The SMILES string of the molecule is C=CC(=O)OCCCCOc1ccc2cc(C(=O)Oc3cc(-c4c(OC(=O)c5ccc(C#N)cc5)ccc5ccccc45)c4ccccc4c3)ccc2c1. The number of unbranched alkanes of at least 4 members (excludes halogenated alkanes) is 1. The van der Waals surface area contributed by atoms with Crippen LogP contribution in [0.1, 0.15) is 39.1 Å². The molecule has 264 valence electrons. The largest absolute Gasteiger partial charge is 0.494 e. The number of nitrogens with zero attached hydrogens (tertiary/aromatic N) is 1. The maximum Gasteiger partial charge on any atom is 0.343 e. The average molecular weight is 712 g/mol. The molecule has 0 aromatic heterocycles. The number of esters is 3. The number of benzene rings is 7. The van der Waals surface area contributed by atoms with E-state index in [0.717, 1.165) is 50.4 Å². The van der Waals surface area contributed by atoms with Crippen LogP contribution in [0.5, 0.6) is 17.2 Å². The van der Waals surface area contributed by atoms with Gasteiger partial charge in [0.15, 0.2) is 0 Å². The van der Waals surface area contributed by atoms with Crippen LogP contribution < -0.4 is 14.2 Å². The van der Waals surface area contributed by atoms with Gasteiger partial charge in [-0.25, -0.2) is 14.4 Å². The van der Waals surface area contributed by atoms with Gasteiger partial charge >= 0.3 is 17.9 Å². The van der Waals surface area contributed by atoms with E-state index < -0.39 is 17.9 Å². The Kier molecular flexibility index (Phi) is 10.4. The van der Waals surface area contributed by atoms with Crippen LogP contribution in [0.2, 0.25) is 0 Å². The molecule has 0 heterocycles. The summed E-state index contributed by atoms with van der Waals surface area (Å²) < 4.78 is 23.0. The van der Waals surface area contributed by atoms with Crippen LogP contribution in [0.15, 0.2) is 146 Å². The van der Waals surface area contributed by atoms with E-state index in [2.05, 4.69) is 12.6 Å². The molecule has 0 saturated heterocycles. The van der Waals surface area contributed by atoms with E-state index in [4.69, 9.17) is 18.9 Å². The van der Waals surface area contributed by atoms with Crippen molar-refractivity contribution in [1.82, 2.24) is 0 Å². The number of hydrogen-bond donors (Lipinski definition) is 0. The number of carbonyl (C=O) groups excluding carboxylic acids is 3. The molecule has 0 amide bonds. The van der Waals surface area contributed by atoms with Gasteiger partial charge in [-0.2, -0.15) is 5.26 Å². The smallest absolute Gasteiger partial charge is 0.343 e. The van der Waals surface area contributed by atoms with Gasteiger partial charge in [-0.3, -0.25) is 0 Å². The van der Waals surface area contributed by atoms with Crippen LogP contribution in [0, 0.1) is 11.3 Å². The van der Waals surface area contributed by atoms with E-state index in [1.807, 2.05) is 84.9 Å². The van der Waals surface area contributed by atoms with Gasteiger partial charge in [-0.15, -0.1) is 0 Å². The molecule has 0 aliphatic heterocycles. The molecular formula is C46H33NO7. The van der Waals surface area contributed by atoms with Gasteiger partial charge < -0.3 is 18.9 Å². The summed E-state index contributed by atoms with van der Waals surface area (Å²) in [4.78, 5) is 38.2. The van der Waals surface area contributed by atoms with Crippen molar-refractivity contribution >= 4 is 50.2 Å². The number of carbonyl (C=O) groups is 3. The summed E-state index contributed by atoms with van der Waals surface area (Å²) in [6, 6.07) is 42.2. The molecule has 0 atom stereocenters. The highest BCUT2D eigenvalue weighted by atomic mass is 16.5. The fraction of sp³-hybridized carbons (Fsp3) is 0.0870. The molecule has 0 aliphatic carbocycles. The number of ether oxygens (including phenoxy) is 4. The lowest BCUT2D eigenvalue weighted by molar-refractivity contribution is -0.137. The molecule has 7 aromatic rings. The molecule has 7 aromatic carbocycles. The summed E-state index contributed by atoms with van der Waals surface area (Å²) in [6.45, 7) is 4.16. The number of fused-ring (bicyclic) bond motifs is 3. The van der Waals surface area contributed by atoms with E-state index in [0.29, 0.717) is 59.1 Å². The molecule has 8 nitrogen and oxygen atoms in total. The normalized spacial score (nSPS) is 10.8. The summed E-state index contributed by atoms with van der Waals surface area (Å²) >= 11 is 0. The average Bonchev–Trinajstić information content (AvgIpc) is 3.21. The second-order valence-electron chi connectivity index (χ2n) is 12.5. The predicted octanol–water partition coefficient (Wildman–Crippen LogP) is 10.0. The van der Waals surface area contributed by atoms with Gasteiger partial charge in [0.25, 0.3) is 0 Å². The summed E-state index contributed by atoms with van der Waals surface area (Å²) in [5.41, 5.74) is 2.51. The van der Waals surface area contributed by atoms with Crippen LogP contribution in [0.4, 0.5) is 0 Å². The van der Waals surface area contributed by atoms with Crippen LogP contribution >= 0.6 is 0 Å². The topological polar surface area (TPSA) is 112 Å². The van der Waals surface area contributed by atoms with Crippen molar-refractivity contribution in [3.05, 3.63) is 163 Å². The fourth-order valence-corrected chi connectivity index (χ4v) is 6.24. The first-order valence-corrected chi connectivity index (χ1v) is 17.4. The number of hydrogen-bond acceptors (Lipinski definition) is 8. The quantitative estimate of drug-likeness (QED) is 0.0533. The van der Waals surface area contributed by atoms with Crippen molar-refractivity contribution in [2.75, 3.05) is 13.2 Å². The third-order valence-corrected chi connectivity index (χ3v) is 8.92. The third-order valence-electron chi connectivity index (χ3n) is 8.92. The summed E-state index contributed by atoms with van der Waals surface area (Å²) in [7, 11) is 0. The molecule has 0 unspecified atom stereocenters. The van der Waals surface area contributed by atoms with Crippen molar-refractivity contribution in [2.24, 2.45) is 0 Å². The van der Waals surface area contributed by atoms with Crippen molar-refractivity contribution in [3.63, 3.8) is 0 Å². The van der Waals surface area contributed by atoms with Gasteiger partial charge in [-0.05, 0) is 117 Å². The van der Waals surface area contributed by atoms with E-state index >= 15 is 0 Å². The summed E-state index contributed by atoms with van der Waals surface area (Å²) in [6.07, 6.45) is 2.53. The molecule has 7 rings (SSSR count). The van der Waals surface area contributed by atoms with Crippen molar-refractivity contribution < 1.29 is 33.3 Å². The zero-order chi connectivity index (χ0) is 37.4. The summed E-state index contributed by atoms with van der Waals surface area (Å²) in [5.74, 6) is -0.173. The van der Waals surface area contributed by atoms with Crippen LogP contribution in [-0.4, -0.2) is 31.1 Å².